The van der Waals surface area contributed by atoms with Gasteiger partial charge in [0, 0.05) is 13.2 Å². The first-order valence-corrected chi connectivity index (χ1v) is 12.7. The lowest BCUT2D eigenvalue weighted by molar-refractivity contribution is -0.163. The van der Waals surface area contributed by atoms with Gasteiger partial charge in [-0.25, -0.2) is 4.39 Å². The van der Waals surface area contributed by atoms with E-state index in [2.05, 4.69) is 6.92 Å². The normalized spacial score (nSPS) is 39.6. The molecule has 0 amide bonds. The number of hydrogen-bond donors (Lipinski definition) is 1. The molecule has 6 atom stereocenters. The largest absolute Gasteiger partial charge is 0.389 e. The summed E-state index contributed by atoms with van der Waals surface area (Å²) in [5.41, 5.74) is 2.07. The molecule has 0 bridgehead atoms. The summed E-state index contributed by atoms with van der Waals surface area (Å²) in [7, 11) is 0. The zero-order valence-electron chi connectivity index (χ0n) is 19.1. The number of halogens is 1. The number of ether oxygens (including phenoxy) is 2. The zero-order valence-corrected chi connectivity index (χ0v) is 19.1. The minimum Gasteiger partial charge on any atom is -0.389 e. The van der Waals surface area contributed by atoms with Crippen LogP contribution in [-0.2, 0) is 15.9 Å². The fourth-order valence-electron chi connectivity index (χ4n) is 7.65. The van der Waals surface area contributed by atoms with Crippen LogP contribution in [0.2, 0.25) is 0 Å². The van der Waals surface area contributed by atoms with Crippen LogP contribution in [0.15, 0.2) is 18.2 Å². The number of fused-ring (bicyclic) bond motifs is 5. The molecule has 5 rings (SSSR count). The van der Waals surface area contributed by atoms with Gasteiger partial charge in [-0.05, 0) is 123 Å². The molecule has 1 heterocycles. The van der Waals surface area contributed by atoms with Gasteiger partial charge in [-0.1, -0.05) is 13.0 Å². The highest BCUT2D eigenvalue weighted by molar-refractivity contribution is 5.35. The second-order valence-electron chi connectivity index (χ2n) is 10.9. The maximum Gasteiger partial charge on any atom is 0.157 e. The molecule has 0 aromatic heterocycles. The molecule has 1 aromatic rings. The molecule has 1 N–H and O–H groups in total. The number of benzene rings is 1. The van der Waals surface area contributed by atoms with E-state index < -0.39 is 5.60 Å². The Morgan fingerprint density at radius 1 is 1.13 bits per heavy atom. The summed E-state index contributed by atoms with van der Waals surface area (Å²) < 4.78 is 25.3. The Morgan fingerprint density at radius 2 is 2.03 bits per heavy atom. The van der Waals surface area contributed by atoms with Crippen LogP contribution in [0.1, 0.15) is 94.6 Å². The predicted molar refractivity (Wildman–Crippen MR) is 119 cm³/mol. The van der Waals surface area contributed by atoms with Crippen molar-refractivity contribution in [1.82, 2.24) is 0 Å². The Labute approximate surface area is 186 Å². The van der Waals surface area contributed by atoms with E-state index in [0.29, 0.717) is 17.8 Å². The van der Waals surface area contributed by atoms with Crippen molar-refractivity contribution in [3.05, 3.63) is 35.1 Å². The lowest BCUT2D eigenvalue weighted by Crippen LogP contribution is -2.50. The van der Waals surface area contributed by atoms with Crippen molar-refractivity contribution < 1.29 is 19.0 Å². The molecule has 2 saturated carbocycles. The van der Waals surface area contributed by atoms with Gasteiger partial charge in [0.05, 0.1) is 5.60 Å². The van der Waals surface area contributed by atoms with E-state index >= 15 is 0 Å². The van der Waals surface area contributed by atoms with Gasteiger partial charge in [-0.15, -0.1) is 0 Å². The fourth-order valence-corrected chi connectivity index (χ4v) is 7.65. The van der Waals surface area contributed by atoms with E-state index in [1.54, 1.807) is 12.1 Å². The van der Waals surface area contributed by atoms with Gasteiger partial charge in [0.2, 0.25) is 0 Å². The minimum absolute atomic E-state index is 0.0110. The van der Waals surface area contributed by atoms with Gasteiger partial charge in [0.25, 0.3) is 0 Å². The quantitative estimate of drug-likeness (QED) is 0.552. The van der Waals surface area contributed by atoms with Crippen LogP contribution >= 0.6 is 0 Å². The monoisotopic (exact) mass is 430 g/mol. The summed E-state index contributed by atoms with van der Waals surface area (Å²) in [6.07, 6.45) is 12.7. The molecule has 1 saturated heterocycles. The number of aryl methyl sites for hydroxylation is 1. The average molecular weight is 431 g/mol. The van der Waals surface area contributed by atoms with Crippen molar-refractivity contribution in [2.75, 3.05) is 13.2 Å². The Morgan fingerprint density at radius 3 is 2.87 bits per heavy atom. The molecule has 4 heteroatoms. The van der Waals surface area contributed by atoms with Crippen LogP contribution in [0.25, 0.3) is 0 Å². The highest BCUT2D eigenvalue weighted by Crippen LogP contribution is 2.65. The van der Waals surface area contributed by atoms with Crippen LogP contribution in [0.3, 0.4) is 0 Å². The zero-order chi connectivity index (χ0) is 21.5. The highest BCUT2D eigenvalue weighted by Gasteiger charge is 2.60. The Bertz CT molecular complexity index is 776. The first-order chi connectivity index (χ1) is 15.0. The summed E-state index contributed by atoms with van der Waals surface area (Å²) in [6.45, 7) is 3.93. The molecule has 4 unspecified atom stereocenters. The van der Waals surface area contributed by atoms with Gasteiger partial charge in [0.15, 0.2) is 6.29 Å². The molecule has 3 fully saturated rings. The molecular weight excluding hydrogens is 391 g/mol. The van der Waals surface area contributed by atoms with E-state index in [4.69, 9.17) is 9.47 Å². The third kappa shape index (κ3) is 3.98. The van der Waals surface area contributed by atoms with E-state index in [0.717, 1.165) is 83.8 Å². The summed E-state index contributed by atoms with van der Waals surface area (Å²) in [5.74, 6) is 1.67. The van der Waals surface area contributed by atoms with E-state index in [9.17, 15) is 9.50 Å². The van der Waals surface area contributed by atoms with Gasteiger partial charge < -0.3 is 14.6 Å². The van der Waals surface area contributed by atoms with Gasteiger partial charge in [0.1, 0.15) is 5.82 Å². The second kappa shape index (κ2) is 8.76. The minimum atomic E-state index is -0.549. The maximum atomic E-state index is 13.7. The van der Waals surface area contributed by atoms with Crippen molar-refractivity contribution >= 4 is 0 Å². The van der Waals surface area contributed by atoms with Gasteiger partial charge >= 0.3 is 0 Å². The van der Waals surface area contributed by atoms with Crippen molar-refractivity contribution in [1.29, 1.82) is 0 Å². The van der Waals surface area contributed by atoms with Crippen molar-refractivity contribution in [2.45, 2.75) is 102 Å². The summed E-state index contributed by atoms with van der Waals surface area (Å²) in [4.78, 5) is 0. The molecule has 0 radical (unpaired) electrons. The van der Waals surface area contributed by atoms with E-state index in [1.165, 1.54) is 17.5 Å². The van der Waals surface area contributed by atoms with Crippen LogP contribution in [0, 0.1) is 23.1 Å². The molecule has 1 aromatic carbocycles. The standard InChI is InChI=1S/C27H39FO3/c1-26-14-11-22-21-10-8-20(28)18-19(21)7-9-23(22)24(26)12-15-27(26,29)13-3-5-17-31-25-6-2-4-16-30-25/h8,10,18,22-25,29H,2-7,9,11-17H2,1H3/t22?,23?,24?,25?,26-,27-/m0/s1. The SMILES string of the molecule is C[C@]12CCC3c4ccc(F)cc4CCC3C1CC[C@@]2(O)CCCCOC1CCCCO1. The molecule has 172 valence electrons. The first kappa shape index (κ1) is 21.9. The molecule has 0 spiro atoms. The summed E-state index contributed by atoms with van der Waals surface area (Å²) in [6, 6.07) is 5.44. The number of aliphatic hydroxyl groups is 1. The Balaban J connectivity index is 1.19. The Hall–Kier alpha value is -0.970. The summed E-state index contributed by atoms with van der Waals surface area (Å²) in [5, 5.41) is 11.8. The lowest BCUT2D eigenvalue weighted by Gasteiger charge is -2.53. The van der Waals surface area contributed by atoms with Crippen LogP contribution < -0.4 is 0 Å². The van der Waals surface area contributed by atoms with Crippen molar-refractivity contribution in [3.63, 3.8) is 0 Å². The fraction of sp³-hybridized carbons (Fsp3) is 0.778. The third-order valence-electron chi connectivity index (χ3n) is 9.44. The lowest BCUT2D eigenvalue weighted by atomic mass is 9.53. The molecule has 1 aliphatic heterocycles. The van der Waals surface area contributed by atoms with Gasteiger partial charge in [-0.2, -0.15) is 0 Å². The van der Waals surface area contributed by atoms with Crippen LogP contribution in [0.5, 0.6) is 0 Å². The Kier molecular flexibility index (Phi) is 6.17. The van der Waals surface area contributed by atoms with Gasteiger partial charge in [-0.3, -0.25) is 0 Å². The first-order valence-electron chi connectivity index (χ1n) is 12.7. The highest BCUT2D eigenvalue weighted by atomic mass is 19.1. The average Bonchev–Trinajstić information content (AvgIpc) is 3.05. The van der Waals surface area contributed by atoms with Crippen LogP contribution in [0.4, 0.5) is 4.39 Å². The molecule has 31 heavy (non-hydrogen) atoms. The third-order valence-corrected chi connectivity index (χ3v) is 9.44. The van der Waals surface area contributed by atoms with Crippen molar-refractivity contribution in [3.8, 4) is 0 Å². The topological polar surface area (TPSA) is 38.7 Å². The second-order valence-corrected chi connectivity index (χ2v) is 10.9. The van der Waals surface area contributed by atoms with E-state index in [-0.39, 0.29) is 17.5 Å². The molecule has 3 aliphatic carbocycles. The number of rotatable bonds is 6. The predicted octanol–water partition coefficient (Wildman–Crippen LogP) is 6.13. The summed E-state index contributed by atoms with van der Waals surface area (Å²) >= 11 is 0. The number of unbranched alkanes of at least 4 members (excludes halogenated alkanes) is 1. The van der Waals surface area contributed by atoms with Crippen LogP contribution in [-0.4, -0.2) is 30.2 Å². The number of hydrogen-bond acceptors (Lipinski definition) is 3. The maximum absolute atomic E-state index is 13.7. The van der Waals surface area contributed by atoms with E-state index in [1.807, 2.05) is 6.07 Å². The molecule has 4 aliphatic rings. The molecular formula is C27H39FO3. The van der Waals surface area contributed by atoms with Crippen molar-refractivity contribution in [2.24, 2.45) is 17.3 Å². The smallest absolute Gasteiger partial charge is 0.157 e. The molecule has 3 nitrogen and oxygen atoms in total.